The highest BCUT2D eigenvalue weighted by Crippen LogP contribution is 2.19. The van der Waals surface area contributed by atoms with Gasteiger partial charge in [-0.05, 0) is 37.6 Å². The van der Waals surface area contributed by atoms with Gasteiger partial charge in [0.25, 0.3) is 5.91 Å². The van der Waals surface area contributed by atoms with E-state index in [0.29, 0.717) is 6.54 Å². The van der Waals surface area contributed by atoms with Gasteiger partial charge in [0.05, 0.1) is 7.11 Å². The lowest BCUT2D eigenvalue weighted by Gasteiger charge is -2.17. The number of amides is 1. The van der Waals surface area contributed by atoms with Crippen LogP contribution in [-0.4, -0.2) is 19.1 Å². The van der Waals surface area contributed by atoms with Crippen LogP contribution in [0.15, 0.2) is 48.5 Å². The molecule has 2 atom stereocenters. The summed E-state index contributed by atoms with van der Waals surface area (Å²) in [6, 6.07) is 15.3. The number of carbonyl (C=O) groups excluding carboxylic acids is 1. The molecule has 0 heterocycles. The second-order valence-electron chi connectivity index (χ2n) is 5.86. The van der Waals surface area contributed by atoms with Gasteiger partial charge in [-0.1, -0.05) is 41.9 Å². The maximum Gasteiger partial charge on any atom is 0.278 e. The number of hydrogen-bond donors (Lipinski definition) is 2. The Morgan fingerprint density at radius 2 is 1.83 bits per heavy atom. The van der Waals surface area contributed by atoms with Crippen LogP contribution in [0.5, 0.6) is 5.75 Å². The van der Waals surface area contributed by atoms with Crippen molar-refractivity contribution >= 4 is 17.5 Å². The molecule has 2 aromatic carbocycles. The normalized spacial score (nSPS) is 13.2. The first-order valence-electron chi connectivity index (χ1n) is 8.01. The SMILES string of the molecule is COc1ccc(CNC(=O)[C@@H](C)[NH2+][C@H](C)c2ccccc2Cl)cc1. The van der Waals surface area contributed by atoms with E-state index in [1.165, 1.54) is 0 Å². The number of nitrogens with two attached hydrogens (primary N) is 1. The molecular formula is C19H24ClN2O2+. The molecule has 0 fully saturated rings. The number of halogens is 1. The van der Waals surface area contributed by atoms with E-state index in [-0.39, 0.29) is 18.0 Å². The number of carbonyl (C=O) groups is 1. The van der Waals surface area contributed by atoms with Gasteiger partial charge in [-0.25, -0.2) is 0 Å². The molecule has 3 N–H and O–H groups in total. The molecule has 1 amide bonds. The van der Waals surface area contributed by atoms with Crippen LogP contribution < -0.4 is 15.4 Å². The zero-order valence-electron chi connectivity index (χ0n) is 14.3. The summed E-state index contributed by atoms with van der Waals surface area (Å²) in [6.07, 6.45) is 0. The molecule has 5 heteroatoms. The first-order valence-corrected chi connectivity index (χ1v) is 8.39. The lowest BCUT2D eigenvalue weighted by atomic mass is 10.1. The van der Waals surface area contributed by atoms with E-state index in [1.807, 2.05) is 60.8 Å². The Kier molecular flexibility index (Phi) is 6.64. The zero-order chi connectivity index (χ0) is 17.5. The lowest BCUT2D eigenvalue weighted by molar-refractivity contribution is -0.710. The van der Waals surface area contributed by atoms with Crippen LogP contribution in [0.25, 0.3) is 0 Å². The summed E-state index contributed by atoms with van der Waals surface area (Å²) >= 11 is 6.22. The fourth-order valence-corrected chi connectivity index (χ4v) is 2.87. The Morgan fingerprint density at radius 3 is 2.46 bits per heavy atom. The summed E-state index contributed by atoms with van der Waals surface area (Å²) in [6.45, 7) is 4.45. The average Bonchev–Trinajstić information content (AvgIpc) is 2.60. The molecule has 128 valence electrons. The number of benzene rings is 2. The second-order valence-corrected chi connectivity index (χ2v) is 6.26. The molecule has 0 radical (unpaired) electrons. The van der Waals surface area contributed by atoms with Crippen LogP contribution in [0.4, 0.5) is 0 Å². The highest BCUT2D eigenvalue weighted by molar-refractivity contribution is 6.31. The minimum atomic E-state index is -0.200. The third-order valence-corrected chi connectivity index (χ3v) is 4.36. The average molecular weight is 348 g/mol. The highest BCUT2D eigenvalue weighted by Gasteiger charge is 2.21. The van der Waals surface area contributed by atoms with Gasteiger partial charge in [0.1, 0.15) is 11.8 Å². The minimum Gasteiger partial charge on any atom is -0.497 e. The zero-order valence-corrected chi connectivity index (χ0v) is 15.0. The molecule has 0 aromatic heterocycles. The van der Waals surface area contributed by atoms with Gasteiger partial charge in [-0.15, -0.1) is 0 Å². The summed E-state index contributed by atoms with van der Waals surface area (Å²) in [4.78, 5) is 12.3. The summed E-state index contributed by atoms with van der Waals surface area (Å²) < 4.78 is 5.13. The van der Waals surface area contributed by atoms with E-state index in [1.54, 1.807) is 7.11 Å². The van der Waals surface area contributed by atoms with Crippen LogP contribution in [0.1, 0.15) is 31.0 Å². The molecule has 0 spiro atoms. The maximum atomic E-state index is 12.3. The van der Waals surface area contributed by atoms with E-state index in [2.05, 4.69) is 12.2 Å². The molecule has 4 nitrogen and oxygen atoms in total. The summed E-state index contributed by atoms with van der Waals surface area (Å²) in [5, 5.41) is 5.71. The first-order chi connectivity index (χ1) is 11.5. The van der Waals surface area contributed by atoms with E-state index in [0.717, 1.165) is 21.9 Å². The third kappa shape index (κ3) is 4.98. The monoisotopic (exact) mass is 347 g/mol. The Balaban J connectivity index is 1.86. The number of quaternary nitrogens is 1. The van der Waals surface area contributed by atoms with E-state index in [9.17, 15) is 4.79 Å². The van der Waals surface area contributed by atoms with Crippen LogP contribution >= 0.6 is 11.6 Å². The molecular weight excluding hydrogens is 324 g/mol. The number of methoxy groups -OCH3 is 1. The van der Waals surface area contributed by atoms with Gasteiger partial charge in [-0.3, -0.25) is 4.79 Å². The molecule has 0 saturated carbocycles. The smallest absolute Gasteiger partial charge is 0.278 e. The van der Waals surface area contributed by atoms with Crippen LogP contribution in [0.2, 0.25) is 5.02 Å². The van der Waals surface area contributed by atoms with Gasteiger partial charge in [0, 0.05) is 17.1 Å². The Morgan fingerprint density at radius 1 is 1.17 bits per heavy atom. The van der Waals surface area contributed by atoms with Gasteiger partial charge in [0.2, 0.25) is 0 Å². The second kappa shape index (κ2) is 8.71. The first kappa shape index (κ1) is 18.3. The number of hydrogen-bond acceptors (Lipinski definition) is 2. The number of nitrogens with one attached hydrogen (secondary N) is 1. The fraction of sp³-hybridized carbons (Fsp3) is 0.316. The summed E-state index contributed by atoms with van der Waals surface area (Å²) in [5.41, 5.74) is 2.07. The number of rotatable bonds is 7. The predicted octanol–water partition coefficient (Wildman–Crippen LogP) is 2.68. The van der Waals surface area contributed by atoms with Crippen molar-refractivity contribution in [2.75, 3.05) is 7.11 Å². The maximum absolute atomic E-state index is 12.3. The van der Waals surface area contributed by atoms with Gasteiger partial charge in [0.15, 0.2) is 6.04 Å². The van der Waals surface area contributed by atoms with E-state index < -0.39 is 0 Å². The van der Waals surface area contributed by atoms with Crippen molar-refractivity contribution in [1.82, 2.24) is 5.32 Å². The molecule has 2 rings (SSSR count). The lowest BCUT2D eigenvalue weighted by Crippen LogP contribution is -2.92. The van der Waals surface area contributed by atoms with Crippen molar-refractivity contribution in [2.45, 2.75) is 32.5 Å². The Hall–Kier alpha value is -2.04. The van der Waals surface area contributed by atoms with Crippen LogP contribution in [0.3, 0.4) is 0 Å². The predicted molar refractivity (Wildman–Crippen MR) is 96.1 cm³/mol. The molecule has 0 aliphatic heterocycles. The van der Waals surface area contributed by atoms with Gasteiger partial charge in [-0.2, -0.15) is 0 Å². The molecule has 0 aliphatic rings. The molecule has 0 saturated heterocycles. The van der Waals surface area contributed by atoms with Crippen molar-refractivity contribution in [3.63, 3.8) is 0 Å². The van der Waals surface area contributed by atoms with E-state index in [4.69, 9.17) is 16.3 Å². The van der Waals surface area contributed by atoms with Crippen LogP contribution in [0, 0.1) is 0 Å². The van der Waals surface area contributed by atoms with Crippen molar-refractivity contribution in [1.29, 1.82) is 0 Å². The van der Waals surface area contributed by atoms with Gasteiger partial charge < -0.3 is 15.4 Å². The Labute approximate surface area is 148 Å². The van der Waals surface area contributed by atoms with E-state index >= 15 is 0 Å². The molecule has 24 heavy (non-hydrogen) atoms. The third-order valence-electron chi connectivity index (χ3n) is 4.01. The molecule has 0 aliphatic carbocycles. The molecule has 2 aromatic rings. The van der Waals surface area contributed by atoms with Crippen molar-refractivity contribution in [3.8, 4) is 5.75 Å². The standard InChI is InChI=1S/C19H23ClN2O2/c1-13(17-6-4-5-7-18(17)20)22-14(2)19(23)21-12-15-8-10-16(24-3)11-9-15/h4-11,13-14,22H,12H2,1-3H3,(H,21,23)/p+1/t13-,14-/m1/s1. The summed E-state index contributed by atoms with van der Waals surface area (Å²) in [7, 11) is 1.63. The molecule has 0 unspecified atom stereocenters. The number of ether oxygens (including phenoxy) is 1. The Bertz CT molecular complexity index is 673. The highest BCUT2D eigenvalue weighted by atomic mass is 35.5. The minimum absolute atomic E-state index is 0.00437. The molecule has 0 bridgehead atoms. The van der Waals surface area contributed by atoms with Gasteiger partial charge >= 0.3 is 0 Å². The largest absolute Gasteiger partial charge is 0.497 e. The van der Waals surface area contributed by atoms with Crippen molar-refractivity contribution in [3.05, 3.63) is 64.7 Å². The quantitative estimate of drug-likeness (QED) is 0.809. The van der Waals surface area contributed by atoms with Crippen molar-refractivity contribution in [2.24, 2.45) is 0 Å². The van der Waals surface area contributed by atoms with Crippen LogP contribution in [-0.2, 0) is 11.3 Å². The summed E-state index contributed by atoms with van der Waals surface area (Å²) in [5.74, 6) is 0.810. The van der Waals surface area contributed by atoms with Crippen molar-refractivity contribution < 1.29 is 14.8 Å². The fourth-order valence-electron chi connectivity index (χ4n) is 2.56. The topological polar surface area (TPSA) is 54.9 Å².